The second-order valence-electron chi connectivity index (χ2n) is 9.26. The summed E-state index contributed by atoms with van der Waals surface area (Å²) in [7, 11) is 17.5. The predicted molar refractivity (Wildman–Crippen MR) is 135 cm³/mol. The molecule has 4 rings (SSSR count). The first-order chi connectivity index (χ1) is 17.8. The number of nitrogens with zero attached hydrogens (tertiary/aromatic N) is 6. The fraction of sp³-hybridized carbons (Fsp3) is 0.435. The van der Waals surface area contributed by atoms with E-state index in [1.165, 1.54) is 30.2 Å². The van der Waals surface area contributed by atoms with Crippen LogP contribution >= 0.6 is 0 Å². The number of nitrogens with one attached hydrogen (secondary N) is 1. The summed E-state index contributed by atoms with van der Waals surface area (Å²) >= 11 is 0. The Hall–Kier alpha value is -3.35. The third-order valence-electron chi connectivity index (χ3n) is 6.14. The molecule has 38 heavy (non-hydrogen) atoms. The predicted octanol–water partition coefficient (Wildman–Crippen LogP) is 1.73. The number of pyridine rings is 2. The van der Waals surface area contributed by atoms with Gasteiger partial charge in [0.1, 0.15) is 11.5 Å². The molecule has 15 heteroatoms. The first-order valence-electron chi connectivity index (χ1n) is 11.7. The van der Waals surface area contributed by atoms with Crippen molar-refractivity contribution in [3.63, 3.8) is 0 Å². The van der Waals surface area contributed by atoms with E-state index in [4.69, 9.17) is 28.3 Å². The molecule has 1 fully saturated rings. The number of aromatic nitrogens is 5. The van der Waals surface area contributed by atoms with Gasteiger partial charge >= 0.3 is 6.18 Å². The van der Waals surface area contributed by atoms with Gasteiger partial charge < -0.3 is 15.0 Å². The lowest BCUT2D eigenvalue weighted by Crippen LogP contribution is -2.58. The lowest BCUT2D eigenvalue weighted by molar-refractivity contribution is -0.137. The monoisotopic (exact) mass is 519 g/mol. The minimum Gasteiger partial charge on any atom is -0.372 e. The quantitative estimate of drug-likeness (QED) is 0.496. The molecule has 3 aromatic rings. The number of aryl methyl sites for hydroxylation is 1. The van der Waals surface area contributed by atoms with Crippen LogP contribution in [0.15, 0.2) is 36.8 Å². The Bertz CT molecular complexity index is 1300. The third kappa shape index (κ3) is 5.87. The molecule has 0 bridgehead atoms. The molecular weight excluding hydrogens is 496 g/mol. The maximum atomic E-state index is 14.0. The molecule has 192 valence electrons. The Kier molecular flexibility index (Phi) is 7.60. The number of anilines is 1. The molecule has 1 aliphatic heterocycles. The van der Waals surface area contributed by atoms with E-state index < -0.39 is 34.9 Å². The van der Waals surface area contributed by atoms with Crippen molar-refractivity contribution in [1.29, 1.82) is 0 Å². The summed E-state index contributed by atoms with van der Waals surface area (Å²) in [4.78, 5) is 25.1. The van der Waals surface area contributed by atoms with Crippen molar-refractivity contribution < 1.29 is 22.7 Å². The van der Waals surface area contributed by atoms with E-state index in [-0.39, 0.29) is 42.1 Å². The van der Waals surface area contributed by atoms with E-state index in [1.807, 2.05) is 6.92 Å². The number of carbonyl (C=O) groups excluding carboxylic acids is 1. The molecule has 0 aromatic carbocycles. The van der Waals surface area contributed by atoms with Gasteiger partial charge in [-0.1, -0.05) is 5.11 Å². The molecule has 3 unspecified atom stereocenters. The van der Waals surface area contributed by atoms with E-state index in [1.54, 1.807) is 17.9 Å². The fourth-order valence-electron chi connectivity index (χ4n) is 4.28. The van der Waals surface area contributed by atoms with Crippen LogP contribution < -0.4 is 5.32 Å². The third-order valence-corrected chi connectivity index (χ3v) is 6.14. The van der Waals surface area contributed by atoms with Crippen LogP contribution in [0.5, 0.6) is 0 Å². The number of carbonyl (C=O) groups is 1. The molecule has 1 N–H and O–H groups in total. The summed E-state index contributed by atoms with van der Waals surface area (Å²) < 4.78 is 45.1. The van der Waals surface area contributed by atoms with Crippen LogP contribution in [0.3, 0.4) is 0 Å². The van der Waals surface area contributed by atoms with Crippen molar-refractivity contribution in [2.45, 2.75) is 50.3 Å². The summed E-state index contributed by atoms with van der Waals surface area (Å²) in [6.45, 7) is 5.51. The van der Waals surface area contributed by atoms with Crippen LogP contribution in [0.1, 0.15) is 41.2 Å². The number of hydrogen-bond acceptors (Lipinski definition) is 7. The Morgan fingerprint density at radius 2 is 1.87 bits per heavy atom. The first kappa shape index (κ1) is 27.7. The zero-order valence-corrected chi connectivity index (χ0v) is 21.0. The van der Waals surface area contributed by atoms with Crippen LogP contribution in [0.25, 0.3) is 5.69 Å². The average molecular weight is 519 g/mol. The lowest BCUT2D eigenvalue weighted by Gasteiger charge is -2.43. The lowest BCUT2D eigenvalue weighted by atomic mass is 9.41. The number of hydrogen-bond donors (Lipinski definition) is 1. The SMILES string of the molecule is [B]C([B])([B])c1ccc(-n2nccn2)c(C(=O)N2CC(C)OC(C)C2CNc2ncc(C(F)(F)F)cc2C)n1. The highest BCUT2D eigenvalue weighted by Crippen LogP contribution is 2.31. The number of morpholine rings is 1. The number of ether oxygens (including phenoxy) is 1. The molecule has 1 saturated heterocycles. The van der Waals surface area contributed by atoms with E-state index >= 15 is 0 Å². The standard InChI is InChI=1S/C23H23B3F3N7O2/c1-12-8-15(23(27,28)29)9-30-20(12)31-10-17-14(3)38-13(2)11-35(17)21(37)19-16(36-32-6-7-33-36)4-5-18(34-19)22(24,25)26/h4-9,13-14,17H,10-11H2,1-3H3,(H,30,31). The van der Waals surface area contributed by atoms with E-state index in [0.29, 0.717) is 5.56 Å². The summed E-state index contributed by atoms with van der Waals surface area (Å²) in [5, 5.41) is 9.46. The van der Waals surface area contributed by atoms with Gasteiger partial charge in [-0.15, -0.1) is 4.80 Å². The molecule has 4 heterocycles. The van der Waals surface area contributed by atoms with E-state index in [2.05, 4.69) is 25.5 Å². The van der Waals surface area contributed by atoms with Gasteiger partial charge in [0.2, 0.25) is 0 Å². The van der Waals surface area contributed by atoms with Gasteiger partial charge in [0.15, 0.2) is 5.69 Å². The van der Waals surface area contributed by atoms with Crippen molar-refractivity contribution in [3.05, 3.63) is 59.3 Å². The largest absolute Gasteiger partial charge is 0.417 e. The Morgan fingerprint density at radius 3 is 2.47 bits per heavy atom. The summed E-state index contributed by atoms with van der Waals surface area (Å²) in [5.74, 6) is -0.216. The molecule has 9 nitrogen and oxygen atoms in total. The summed E-state index contributed by atoms with van der Waals surface area (Å²) in [6.07, 6.45) is -1.57. The minimum absolute atomic E-state index is 0.0282. The normalized spacial score (nSPS) is 20.4. The van der Waals surface area contributed by atoms with Gasteiger partial charge in [0, 0.05) is 25.0 Å². The van der Waals surface area contributed by atoms with E-state index in [0.717, 1.165) is 12.3 Å². The molecule has 3 aromatic heterocycles. The molecule has 0 saturated carbocycles. The molecule has 1 aliphatic rings. The average Bonchev–Trinajstić information content (AvgIpc) is 3.36. The van der Waals surface area contributed by atoms with Gasteiger partial charge in [-0.3, -0.25) is 4.79 Å². The number of rotatable bonds is 6. The Morgan fingerprint density at radius 1 is 1.18 bits per heavy atom. The smallest absolute Gasteiger partial charge is 0.372 e. The van der Waals surface area contributed by atoms with Crippen LogP contribution in [0, 0.1) is 6.92 Å². The van der Waals surface area contributed by atoms with Gasteiger partial charge in [-0.2, -0.15) is 23.4 Å². The van der Waals surface area contributed by atoms with Crippen molar-refractivity contribution in [1.82, 2.24) is 29.9 Å². The summed E-state index contributed by atoms with van der Waals surface area (Å²) in [6, 6.07) is 3.51. The Balaban J connectivity index is 1.66. The van der Waals surface area contributed by atoms with Gasteiger partial charge in [-0.25, -0.2) is 9.97 Å². The van der Waals surface area contributed by atoms with Crippen LogP contribution in [-0.2, 0) is 16.0 Å². The minimum atomic E-state index is -4.50. The van der Waals surface area contributed by atoms with Gasteiger partial charge in [-0.05, 0) is 44.5 Å². The zero-order valence-electron chi connectivity index (χ0n) is 21.0. The highest BCUT2D eigenvalue weighted by molar-refractivity contribution is 6.58. The second-order valence-corrected chi connectivity index (χ2v) is 9.26. The van der Waals surface area contributed by atoms with Crippen molar-refractivity contribution in [2.75, 3.05) is 18.4 Å². The Labute approximate surface area is 221 Å². The highest BCUT2D eigenvalue weighted by atomic mass is 19.4. The van der Waals surface area contributed by atoms with Crippen molar-refractivity contribution in [3.8, 4) is 5.69 Å². The topological polar surface area (TPSA) is 98.1 Å². The molecule has 1 amide bonds. The van der Waals surface area contributed by atoms with Crippen LogP contribution in [0.2, 0.25) is 0 Å². The number of amides is 1. The summed E-state index contributed by atoms with van der Waals surface area (Å²) in [5.41, 5.74) is -0.208. The van der Waals surface area contributed by atoms with Crippen LogP contribution in [-0.4, -0.2) is 90.6 Å². The molecule has 0 aliphatic carbocycles. The first-order valence-corrected chi connectivity index (χ1v) is 11.7. The fourth-order valence-corrected chi connectivity index (χ4v) is 4.28. The van der Waals surface area contributed by atoms with Crippen LogP contribution in [0.4, 0.5) is 19.0 Å². The molecule has 0 spiro atoms. The van der Waals surface area contributed by atoms with Gasteiger partial charge in [0.05, 0.1) is 59.7 Å². The van der Waals surface area contributed by atoms with Gasteiger partial charge in [0.25, 0.3) is 5.91 Å². The molecular formula is C23H23B3F3N7O2. The van der Waals surface area contributed by atoms with Crippen molar-refractivity contribution in [2.24, 2.45) is 0 Å². The maximum Gasteiger partial charge on any atom is 0.417 e. The van der Waals surface area contributed by atoms with Crippen molar-refractivity contribution >= 4 is 35.3 Å². The van der Waals surface area contributed by atoms with E-state index in [9.17, 15) is 18.0 Å². The molecule has 3 atom stereocenters. The highest BCUT2D eigenvalue weighted by Gasteiger charge is 2.38. The maximum absolute atomic E-state index is 14.0. The molecule has 6 radical (unpaired) electrons. The second kappa shape index (κ2) is 10.4. The zero-order chi connectivity index (χ0) is 27.8. The number of halogens is 3. The number of alkyl halides is 3.